The van der Waals surface area contributed by atoms with Crippen molar-refractivity contribution in [2.75, 3.05) is 12.8 Å². The van der Waals surface area contributed by atoms with Gasteiger partial charge < -0.3 is 15.5 Å². The molecule has 0 aliphatic carbocycles. The van der Waals surface area contributed by atoms with Crippen molar-refractivity contribution >= 4 is 16.6 Å². The molecular weight excluding hydrogens is 240 g/mol. The molecule has 98 valence electrons. The molecule has 2 aromatic heterocycles. The van der Waals surface area contributed by atoms with Gasteiger partial charge in [0.15, 0.2) is 0 Å². The van der Waals surface area contributed by atoms with Gasteiger partial charge in [0, 0.05) is 18.3 Å². The molecule has 19 heavy (non-hydrogen) atoms. The lowest BCUT2D eigenvalue weighted by atomic mass is 10.1. The van der Waals surface area contributed by atoms with Crippen LogP contribution in [0.2, 0.25) is 0 Å². The number of nitrogen functional groups attached to an aromatic ring is 1. The zero-order valence-corrected chi connectivity index (χ0v) is 11.2. The average Bonchev–Trinajstić information content (AvgIpc) is 2.89. The molecular formula is C14H16N4O. The SMILES string of the molecule is COc1cccc2[nH]c(C)c(-c3c(N)cnn3C)c12. The van der Waals surface area contributed by atoms with Crippen molar-refractivity contribution < 1.29 is 4.74 Å². The summed E-state index contributed by atoms with van der Waals surface area (Å²) in [6, 6.07) is 5.94. The standard InChI is InChI=1S/C14H16N4O/c1-8-12(14-9(15)7-16-18(14)2)13-10(17-8)5-4-6-11(13)19-3/h4-7,17H,15H2,1-3H3. The maximum absolute atomic E-state index is 6.05. The summed E-state index contributed by atoms with van der Waals surface area (Å²) >= 11 is 0. The second-order valence-electron chi connectivity index (χ2n) is 4.58. The normalized spacial score (nSPS) is 11.1. The zero-order valence-electron chi connectivity index (χ0n) is 11.2. The predicted octanol–water partition coefficient (Wildman–Crippen LogP) is 2.47. The molecule has 1 aromatic carbocycles. The minimum atomic E-state index is 0.664. The van der Waals surface area contributed by atoms with E-state index in [9.17, 15) is 0 Å². The van der Waals surface area contributed by atoms with Crippen molar-refractivity contribution in [2.45, 2.75) is 6.92 Å². The number of nitrogens with two attached hydrogens (primary N) is 1. The lowest BCUT2D eigenvalue weighted by molar-refractivity contribution is 0.420. The maximum Gasteiger partial charge on any atom is 0.128 e. The van der Waals surface area contributed by atoms with Crippen LogP contribution < -0.4 is 10.5 Å². The summed E-state index contributed by atoms with van der Waals surface area (Å²) in [6.07, 6.45) is 1.67. The van der Waals surface area contributed by atoms with Gasteiger partial charge in [-0.3, -0.25) is 4.68 Å². The highest BCUT2D eigenvalue weighted by atomic mass is 16.5. The molecule has 2 heterocycles. The first-order valence-corrected chi connectivity index (χ1v) is 6.06. The van der Waals surface area contributed by atoms with Crippen molar-refractivity contribution in [3.05, 3.63) is 30.1 Å². The van der Waals surface area contributed by atoms with Crippen molar-refractivity contribution in [3.63, 3.8) is 0 Å². The Morgan fingerprint density at radius 2 is 2.16 bits per heavy atom. The number of rotatable bonds is 2. The average molecular weight is 256 g/mol. The Morgan fingerprint density at radius 3 is 2.79 bits per heavy atom. The molecule has 0 saturated heterocycles. The molecule has 0 saturated carbocycles. The molecule has 0 atom stereocenters. The maximum atomic E-state index is 6.05. The van der Waals surface area contributed by atoms with E-state index in [1.165, 1.54) is 0 Å². The van der Waals surface area contributed by atoms with Gasteiger partial charge in [0.05, 0.1) is 35.6 Å². The van der Waals surface area contributed by atoms with Gasteiger partial charge in [-0.05, 0) is 19.1 Å². The summed E-state index contributed by atoms with van der Waals surface area (Å²) in [4.78, 5) is 3.37. The fourth-order valence-corrected chi connectivity index (χ4v) is 2.57. The highest BCUT2D eigenvalue weighted by Crippen LogP contribution is 2.39. The first kappa shape index (κ1) is 11.6. The Bertz CT molecular complexity index is 735. The molecule has 3 aromatic rings. The van der Waals surface area contributed by atoms with E-state index in [-0.39, 0.29) is 0 Å². The smallest absolute Gasteiger partial charge is 0.128 e. The molecule has 0 unspecified atom stereocenters. The van der Waals surface area contributed by atoms with Crippen LogP contribution >= 0.6 is 0 Å². The number of ether oxygens (including phenoxy) is 1. The van der Waals surface area contributed by atoms with Crippen molar-refractivity contribution in [2.24, 2.45) is 7.05 Å². The predicted molar refractivity (Wildman–Crippen MR) is 76.2 cm³/mol. The van der Waals surface area contributed by atoms with Crippen LogP contribution in [0.5, 0.6) is 5.75 Å². The van der Waals surface area contributed by atoms with Gasteiger partial charge in [0.2, 0.25) is 0 Å². The highest BCUT2D eigenvalue weighted by Gasteiger charge is 2.19. The van der Waals surface area contributed by atoms with Gasteiger partial charge in [0.25, 0.3) is 0 Å². The summed E-state index contributed by atoms with van der Waals surface area (Å²) in [6.45, 7) is 2.03. The summed E-state index contributed by atoms with van der Waals surface area (Å²) in [5, 5.41) is 5.25. The van der Waals surface area contributed by atoms with Crippen molar-refractivity contribution in [1.29, 1.82) is 0 Å². The van der Waals surface area contributed by atoms with Gasteiger partial charge in [-0.25, -0.2) is 0 Å². The van der Waals surface area contributed by atoms with E-state index >= 15 is 0 Å². The number of nitrogens with zero attached hydrogens (tertiary/aromatic N) is 2. The first-order chi connectivity index (χ1) is 9.13. The number of H-pyrrole nitrogens is 1. The van der Waals surface area contributed by atoms with E-state index in [1.54, 1.807) is 18.0 Å². The summed E-state index contributed by atoms with van der Waals surface area (Å²) in [5.41, 5.74) is 10.8. The number of aromatic nitrogens is 3. The van der Waals surface area contributed by atoms with Gasteiger partial charge >= 0.3 is 0 Å². The molecule has 0 radical (unpaired) electrons. The second-order valence-corrected chi connectivity index (χ2v) is 4.58. The zero-order chi connectivity index (χ0) is 13.6. The number of hydrogen-bond donors (Lipinski definition) is 2. The van der Waals surface area contributed by atoms with Crippen molar-refractivity contribution in [1.82, 2.24) is 14.8 Å². The first-order valence-electron chi connectivity index (χ1n) is 6.06. The third-order valence-electron chi connectivity index (χ3n) is 3.40. The number of aryl methyl sites for hydroxylation is 2. The largest absolute Gasteiger partial charge is 0.496 e. The van der Waals surface area contributed by atoms with Crippen LogP contribution in [0.25, 0.3) is 22.2 Å². The number of hydrogen-bond acceptors (Lipinski definition) is 3. The number of aromatic amines is 1. The van der Waals surface area contributed by atoms with Crippen LogP contribution in [0.1, 0.15) is 5.69 Å². The van der Waals surface area contributed by atoms with Crippen LogP contribution in [-0.4, -0.2) is 21.9 Å². The molecule has 3 N–H and O–H groups in total. The summed E-state index contributed by atoms with van der Waals surface area (Å²) < 4.78 is 7.26. The molecule has 0 amide bonds. The van der Waals surface area contributed by atoms with E-state index in [0.29, 0.717) is 5.69 Å². The Morgan fingerprint density at radius 1 is 1.37 bits per heavy atom. The van der Waals surface area contributed by atoms with Crippen LogP contribution in [0.3, 0.4) is 0 Å². The Labute approximate surface area is 111 Å². The molecule has 0 aliphatic rings. The van der Waals surface area contributed by atoms with Gasteiger partial charge in [-0.15, -0.1) is 0 Å². The fourth-order valence-electron chi connectivity index (χ4n) is 2.57. The van der Waals surface area contributed by atoms with Crippen molar-refractivity contribution in [3.8, 4) is 17.0 Å². The van der Waals surface area contributed by atoms with Crippen LogP contribution in [0.4, 0.5) is 5.69 Å². The third-order valence-corrected chi connectivity index (χ3v) is 3.40. The number of nitrogens with one attached hydrogen (secondary N) is 1. The molecule has 0 bridgehead atoms. The van der Waals surface area contributed by atoms with Gasteiger partial charge in [-0.2, -0.15) is 5.10 Å². The van der Waals surface area contributed by atoms with Crippen LogP contribution in [0, 0.1) is 6.92 Å². The summed E-state index contributed by atoms with van der Waals surface area (Å²) in [5.74, 6) is 0.831. The quantitative estimate of drug-likeness (QED) is 0.740. The molecule has 0 spiro atoms. The number of benzene rings is 1. The molecule has 5 nitrogen and oxygen atoms in total. The molecule has 3 rings (SSSR count). The molecule has 5 heteroatoms. The topological polar surface area (TPSA) is 68.9 Å². The second kappa shape index (κ2) is 4.05. The van der Waals surface area contributed by atoms with E-state index in [2.05, 4.69) is 10.1 Å². The Kier molecular flexibility index (Phi) is 2.48. The third kappa shape index (κ3) is 1.58. The number of methoxy groups -OCH3 is 1. The van der Waals surface area contributed by atoms with E-state index < -0.39 is 0 Å². The minimum Gasteiger partial charge on any atom is -0.496 e. The lowest BCUT2D eigenvalue weighted by Gasteiger charge is -2.07. The molecule has 0 fully saturated rings. The molecule has 0 aliphatic heterocycles. The Balaban J connectivity index is 2.44. The van der Waals surface area contributed by atoms with Crippen LogP contribution in [-0.2, 0) is 7.05 Å². The monoisotopic (exact) mass is 256 g/mol. The number of fused-ring (bicyclic) bond motifs is 1. The Hall–Kier alpha value is -2.43. The number of anilines is 1. The van der Waals surface area contributed by atoms with Gasteiger partial charge in [-0.1, -0.05) is 6.07 Å². The van der Waals surface area contributed by atoms with Crippen LogP contribution in [0.15, 0.2) is 24.4 Å². The van der Waals surface area contributed by atoms with E-state index in [0.717, 1.165) is 33.6 Å². The lowest BCUT2D eigenvalue weighted by Crippen LogP contribution is -1.97. The van der Waals surface area contributed by atoms with E-state index in [4.69, 9.17) is 10.5 Å². The highest BCUT2D eigenvalue weighted by molar-refractivity contribution is 6.02. The van der Waals surface area contributed by atoms with Gasteiger partial charge in [0.1, 0.15) is 5.75 Å². The minimum absolute atomic E-state index is 0.664. The summed E-state index contributed by atoms with van der Waals surface area (Å²) in [7, 11) is 3.56. The van der Waals surface area contributed by atoms with E-state index in [1.807, 2.05) is 32.2 Å². The fraction of sp³-hybridized carbons (Fsp3) is 0.214.